The van der Waals surface area contributed by atoms with Crippen molar-refractivity contribution in [2.24, 2.45) is 0 Å². The van der Waals surface area contributed by atoms with Crippen molar-refractivity contribution in [3.63, 3.8) is 0 Å². The lowest BCUT2D eigenvalue weighted by Gasteiger charge is -2.28. The van der Waals surface area contributed by atoms with Gasteiger partial charge in [0.2, 0.25) is 0 Å². The molecule has 2 saturated heterocycles. The summed E-state index contributed by atoms with van der Waals surface area (Å²) < 4.78 is 27.9. The summed E-state index contributed by atoms with van der Waals surface area (Å²) in [5.41, 5.74) is -0.966. The Kier molecular flexibility index (Phi) is 3.48. The molecule has 2 rings (SSSR count). The van der Waals surface area contributed by atoms with Crippen molar-refractivity contribution in [1.82, 2.24) is 5.32 Å². The fourth-order valence-corrected chi connectivity index (χ4v) is 4.11. The third-order valence-corrected chi connectivity index (χ3v) is 5.37. The van der Waals surface area contributed by atoms with Gasteiger partial charge >= 0.3 is 0 Å². The van der Waals surface area contributed by atoms with Crippen molar-refractivity contribution >= 4 is 9.84 Å². The third-order valence-electron chi connectivity index (χ3n) is 3.65. The van der Waals surface area contributed by atoms with E-state index in [-0.39, 0.29) is 24.2 Å². The Morgan fingerprint density at radius 3 is 2.65 bits per heavy atom. The maximum absolute atomic E-state index is 11.3. The van der Waals surface area contributed by atoms with E-state index in [9.17, 15) is 18.6 Å². The lowest BCUT2D eigenvalue weighted by Crippen LogP contribution is -2.51. The molecule has 100 valence electrons. The van der Waals surface area contributed by atoms with Gasteiger partial charge in [0.25, 0.3) is 0 Å². The van der Waals surface area contributed by atoms with Crippen LogP contribution in [0.15, 0.2) is 0 Å². The number of hydrogen-bond acceptors (Lipinski definition) is 6. The van der Waals surface area contributed by atoms with Crippen molar-refractivity contribution in [2.45, 2.75) is 37.2 Å². The topological polar surface area (TPSA) is 95.9 Å². The zero-order chi connectivity index (χ0) is 12.7. The molecule has 2 aliphatic heterocycles. The Morgan fingerprint density at radius 1 is 1.47 bits per heavy atom. The maximum atomic E-state index is 11.3. The molecule has 0 bridgehead atoms. The maximum Gasteiger partial charge on any atom is 0.154 e. The lowest BCUT2D eigenvalue weighted by atomic mass is 9.96. The largest absolute Gasteiger partial charge is 0.390 e. The minimum absolute atomic E-state index is 0.0700. The van der Waals surface area contributed by atoms with Gasteiger partial charge in [-0.3, -0.25) is 0 Å². The molecular weight excluding hydrogens is 246 g/mol. The summed E-state index contributed by atoms with van der Waals surface area (Å²) >= 11 is 0. The summed E-state index contributed by atoms with van der Waals surface area (Å²) in [4.78, 5) is 0. The monoisotopic (exact) mass is 265 g/mol. The van der Waals surface area contributed by atoms with Gasteiger partial charge in [-0.15, -0.1) is 0 Å². The number of aliphatic hydroxyl groups is 2. The van der Waals surface area contributed by atoms with Gasteiger partial charge in [-0.25, -0.2) is 8.42 Å². The quantitative estimate of drug-likeness (QED) is 0.561. The van der Waals surface area contributed by atoms with Crippen LogP contribution in [0.4, 0.5) is 0 Å². The van der Waals surface area contributed by atoms with Crippen LogP contribution < -0.4 is 5.32 Å². The molecule has 0 saturated carbocycles. The molecule has 6 nitrogen and oxygen atoms in total. The second kappa shape index (κ2) is 4.47. The average molecular weight is 265 g/mol. The Morgan fingerprint density at radius 2 is 2.18 bits per heavy atom. The molecule has 4 unspecified atom stereocenters. The van der Waals surface area contributed by atoms with Crippen molar-refractivity contribution in [3.8, 4) is 0 Å². The molecule has 4 atom stereocenters. The van der Waals surface area contributed by atoms with E-state index < -0.39 is 27.6 Å². The number of sulfone groups is 1. The molecule has 0 aliphatic carbocycles. The van der Waals surface area contributed by atoms with Gasteiger partial charge in [0.15, 0.2) is 9.84 Å². The number of aliphatic hydroxyl groups excluding tert-OH is 1. The van der Waals surface area contributed by atoms with E-state index in [2.05, 4.69) is 5.32 Å². The van der Waals surface area contributed by atoms with E-state index in [1.165, 1.54) is 0 Å². The third kappa shape index (κ3) is 2.79. The summed E-state index contributed by atoms with van der Waals surface area (Å²) in [6.07, 6.45) is -0.636. The molecule has 0 spiro atoms. The summed E-state index contributed by atoms with van der Waals surface area (Å²) in [5, 5.41) is 22.8. The minimum atomic E-state index is -3.15. The SMILES string of the molecule is CC1OCCC1(O)CNC1CS(=O)(=O)CC1O. The van der Waals surface area contributed by atoms with Crippen molar-refractivity contribution in [1.29, 1.82) is 0 Å². The van der Waals surface area contributed by atoms with Gasteiger partial charge in [-0.2, -0.15) is 0 Å². The predicted molar refractivity (Wildman–Crippen MR) is 61.4 cm³/mol. The van der Waals surface area contributed by atoms with E-state index >= 15 is 0 Å². The van der Waals surface area contributed by atoms with Crippen LogP contribution in [0.25, 0.3) is 0 Å². The summed E-state index contributed by atoms with van der Waals surface area (Å²) in [5.74, 6) is -0.269. The van der Waals surface area contributed by atoms with E-state index in [1.807, 2.05) is 0 Å². The van der Waals surface area contributed by atoms with Crippen LogP contribution in [-0.2, 0) is 14.6 Å². The van der Waals surface area contributed by atoms with Gasteiger partial charge in [-0.1, -0.05) is 0 Å². The lowest BCUT2D eigenvalue weighted by molar-refractivity contribution is -0.0292. The van der Waals surface area contributed by atoms with E-state index in [0.717, 1.165) is 0 Å². The van der Waals surface area contributed by atoms with Gasteiger partial charge in [0.1, 0.15) is 5.60 Å². The molecule has 2 heterocycles. The first kappa shape index (κ1) is 13.2. The zero-order valence-electron chi connectivity index (χ0n) is 9.80. The fourth-order valence-electron chi connectivity index (χ4n) is 2.33. The first-order valence-electron chi connectivity index (χ1n) is 5.78. The molecule has 3 N–H and O–H groups in total. The zero-order valence-corrected chi connectivity index (χ0v) is 10.6. The van der Waals surface area contributed by atoms with Gasteiger partial charge < -0.3 is 20.3 Å². The Hall–Kier alpha value is -0.210. The smallest absolute Gasteiger partial charge is 0.154 e. The second-order valence-corrected chi connectivity index (χ2v) is 7.15. The molecule has 7 heteroatoms. The predicted octanol–water partition coefficient (Wildman–Crippen LogP) is -1.73. The molecule has 0 aromatic heterocycles. The van der Waals surface area contributed by atoms with Crippen molar-refractivity contribution in [2.75, 3.05) is 24.7 Å². The van der Waals surface area contributed by atoms with Crippen LogP contribution >= 0.6 is 0 Å². The molecule has 0 aromatic carbocycles. The van der Waals surface area contributed by atoms with Gasteiger partial charge in [-0.05, 0) is 6.92 Å². The summed E-state index contributed by atoms with van der Waals surface area (Å²) in [7, 11) is -3.15. The van der Waals surface area contributed by atoms with Crippen LogP contribution in [0.2, 0.25) is 0 Å². The highest BCUT2D eigenvalue weighted by Gasteiger charge is 2.42. The van der Waals surface area contributed by atoms with Gasteiger partial charge in [0.05, 0.1) is 23.7 Å². The molecule has 0 aromatic rings. The number of rotatable bonds is 3. The van der Waals surface area contributed by atoms with Crippen LogP contribution in [0, 0.1) is 0 Å². The number of ether oxygens (including phenoxy) is 1. The van der Waals surface area contributed by atoms with E-state index in [1.54, 1.807) is 6.92 Å². The average Bonchev–Trinajstić information content (AvgIpc) is 2.66. The van der Waals surface area contributed by atoms with Crippen molar-refractivity contribution in [3.05, 3.63) is 0 Å². The highest BCUT2D eigenvalue weighted by Crippen LogP contribution is 2.25. The molecule has 17 heavy (non-hydrogen) atoms. The first-order chi connectivity index (χ1) is 7.82. The number of nitrogens with one attached hydrogen (secondary N) is 1. The minimum Gasteiger partial charge on any atom is -0.390 e. The van der Waals surface area contributed by atoms with Crippen LogP contribution in [0.1, 0.15) is 13.3 Å². The molecule has 2 aliphatic rings. The van der Waals surface area contributed by atoms with E-state index in [0.29, 0.717) is 13.0 Å². The highest BCUT2D eigenvalue weighted by atomic mass is 32.2. The Bertz CT molecular complexity index is 384. The van der Waals surface area contributed by atoms with Crippen molar-refractivity contribution < 1.29 is 23.4 Å². The molecule has 0 amide bonds. The van der Waals surface area contributed by atoms with E-state index in [4.69, 9.17) is 4.74 Å². The molecular formula is C10H19NO5S. The summed E-state index contributed by atoms with van der Waals surface area (Å²) in [6, 6.07) is -0.489. The van der Waals surface area contributed by atoms with Crippen LogP contribution in [-0.4, -0.2) is 67.1 Å². The fraction of sp³-hybridized carbons (Fsp3) is 1.00. The molecule has 0 radical (unpaired) electrons. The Labute approximate surface area is 101 Å². The standard InChI is InChI=1S/C10H19NO5S/c1-7-10(13,2-3-16-7)6-11-8-4-17(14,15)5-9(8)12/h7-9,11-13H,2-6H2,1H3. The van der Waals surface area contributed by atoms with Crippen LogP contribution in [0.3, 0.4) is 0 Å². The van der Waals surface area contributed by atoms with Crippen LogP contribution in [0.5, 0.6) is 0 Å². The molecule has 2 fully saturated rings. The normalized spacial score (nSPS) is 45.2. The summed E-state index contributed by atoms with van der Waals surface area (Å²) in [6.45, 7) is 2.53. The second-order valence-electron chi connectivity index (χ2n) is 5.00. The number of hydrogen-bond donors (Lipinski definition) is 3. The first-order valence-corrected chi connectivity index (χ1v) is 7.60. The highest BCUT2D eigenvalue weighted by molar-refractivity contribution is 7.91. The Balaban J connectivity index is 1.91. The van der Waals surface area contributed by atoms with Gasteiger partial charge in [0, 0.05) is 25.6 Å².